The average molecular weight is 184 g/mol. The van der Waals surface area contributed by atoms with Gasteiger partial charge in [0.15, 0.2) is 0 Å². The summed E-state index contributed by atoms with van der Waals surface area (Å²) in [7, 11) is 0. The molecule has 0 unspecified atom stereocenters. The molecule has 1 heterocycles. The van der Waals surface area contributed by atoms with Crippen molar-refractivity contribution in [2.45, 2.75) is 45.6 Å². The molecular weight excluding hydrogens is 160 g/mol. The Morgan fingerprint density at radius 3 is 1.92 bits per heavy atom. The fourth-order valence-electron chi connectivity index (χ4n) is 1.73. The minimum absolute atomic E-state index is 0.845. The molecule has 78 valence electrons. The van der Waals surface area contributed by atoms with Crippen LogP contribution in [0, 0.1) is 0 Å². The van der Waals surface area contributed by atoms with Gasteiger partial charge in [-0.2, -0.15) is 0 Å². The van der Waals surface area contributed by atoms with Crippen LogP contribution >= 0.6 is 0 Å². The Kier molecular flexibility index (Phi) is 5.40. The van der Waals surface area contributed by atoms with Crippen LogP contribution in [0.5, 0.6) is 0 Å². The highest BCUT2D eigenvalue weighted by molar-refractivity contribution is 4.84. The van der Waals surface area contributed by atoms with E-state index in [0.29, 0.717) is 0 Å². The van der Waals surface area contributed by atoms with E-state index in [0.717, 1.165) is 6.04 Å². The SMILES string of the molecule is CCCCN(CCCC)C1CNC1. The fourth-order valence-corrected chi connectivity index (χ4v) is 1.73. The lowest BCUT2D eigenvalue weighted by Crippen LogP contribution is -2.57. The molecule has 0 radical (unpaired) electrons. The van der Waals surface area contributed by atoms with Crippen molar-refractivity contribution >= 4 is 0 Å². The van der Waals surface area contributed by atoms with E-state index in [4.69, 9.17) is 0 Å². The molecule has 0 atom stereocenters. The second-order valence-electron chi connectivity index (χ2n) is 4.06. The lowest BCUT2D eigenvalue weighted by atomic mass is 10.1. The molecule has 0 bridgehead atoms. The largest absolute Gasteiger partial charge is 0.314 e. The maximum atomic E-state index is 3.35. The number of nitrogens with zero attached hydrogens (tertiary/aromatic N) is 1. The van der Waals surface area contributed by atoms with E-state index in [1.165, 1.54) is 51.9 Å². The molecule has 1 rings (SSSR count). The molecule has 1 aliphatic rings. The predicted octanol–water partition coefficient (Wildman–Crippen LogP) is 1.86. The monoisotopic (exact) mass is 184 g/mol. The van der Waals surface area contributed by atoms with Crippen LogP contribution in [0.3, 0.4) is 0 Å². The van der Waals surface area contributed by atoms with Crippen molar-refractivity contribution in [1.29, 1.82) is 0 Å². The topological polar surface area (TPSA) is 15.3 Å². The summed E-state index contributed by atoms with van der Waals surface area (Å²) in [6, 6.07) is 0.845. The quantitative estimate of drug-likeness (QED) is 0.649. The second-order valence-corrected chi connectivity index (χ2v) is 4.06. The van der Waals surface area contributed by atoms with Crippen LogP contribution < -0.4 is 5.32 Å². The number of rotatable bonds is 7. The molecule has 1 N–H and O–H groups in total. The molecule has 2 nitrogen and oxygen atoms in total. The standard InChI is InChI=1S/C11H24N2/c1-3-5-7-13(8-6-4-2)11-9-12-10-11/h11-12H,3-10H2,1-2H3. The Balaban J connectivity index is 2.16. The van der Waals surface area contributed by atoms with E-state index < -0.39 is 0 Å². The third kappa shape index (κ3) is 3.65. The number of hydrogen-bond acceptors (Lipinski definition) is 2. The molecule has 0 aromatic heterocycles. The van der Waals surface area contributed by atoms with Crippen molar-refractivity contribution in [3.05, 3.63) is 0 Å². The minimum Gasteiger partial charge on any atom is -0.314 e. The van der Waals surface area contributed by atoms with Crippen LogP contribution in [0.25, 0.3) is 0 Å². The van der Waals surface area contributed by atoms with Crippen molar-refractivity contribution < 1.29 is 0 Å². The molecule has 1 fully saturated rings. The van der Waals surface area contributed by atoms with Crippen LogP contribution in [0.2, 0.25) is 0 Å². The summed E-state index contributed by atoms with van der Waals surface area (Å²) in [5.74, 6) is 0. The lowest BCUT2D eigenvalue weighted by molar-refractivity contribution is 0.141. The first-order valence-electron chi connectivity index (χ1n) is 5.83. The van der Waals surface area contributed by atoms with Crippen LogP contribution in [-0.2, 0) is 0 Å². The van der Waals surface area contributed by atoms with Gasteiger partial charge in [0.25, 0.3) is 0 Å². The summed E-state index contributed by atoms with van der Waals surface area (Å²) in [6.45, 7) is 9.60. The minimum atomic E-state index is 0.845. The third-order valence-electron chi connectivity index (χ3n) is 2.87. The molecule has 1 aliphatic heterocycles. The van der Waals surface area contributed by atoms with Crippen LogP contribution in [-0.4, -0.2) is 37.1 Å². The first-order valence-corrected chi connectivity index (χ1v) is 5.83. The summed E-state index contributed by atoms with van der Waals surface area (Å²) in [5.41, 5.74) is 0. The maximum absolute atomic E-state index is 3.35. The first-order chi connectivity index (χ1) is 6.38. The van der Waals surface area contributed by atoms with E-state index in [1.54, 1.807) is 0 Å². The molecular formula is C11H24N2. The molecule has 0 aliphatic carbocycles. The highest BCUT2D eigenvalue weighted by Crippen LogP contribution is 2.08. The lowest BCUT2D eigenvalue weighted by Gasteiger charge is -2.38. The molecule has 0 aromatic rings. The van der Waals surface area contributed by atoms with Crippen LogP contribution in [0.15, 0.2) is 0 Å². The van der Waals surface area contributed by atoms with Gasteiger partial charge in [-0.25, -0.2) is 0 Å². The van der Waals surface area contributed by atoms with E-state index >= 15 is 0 Å². The Morgan fingerprint density at radius 2 is 1.62 bits per heavy atom. The van der Waals surface area contributed by atoms with Crippen molar-refractivity contribution in [3.8, 4) is 0 Å². The number of unbranched alkanes of at least 4 members (excludes halogenated alkanes) is 2. The zero-order valence-electron chi connectivity index (χ0n) is 9.18. The molecule has 13 heavy (non-hydrogen) atoms. The van der Waals surface area contributed by atoms with Gasteiger partial charge in [-0.1, -0.05) is 26.7 Å². The van der Waals surface area contributed by atoms with Crippen LogP contribution in [0.4, 0.5) is 0 Å². The van der Waals surface area contributed by atoms with E-state index in [-0.39, 0.29) is 0 Å². The molecule has 0 amide bonds. The summed E-state index contributed by atoms with van der Waals surface area (Å²) in [5, 5.41) is 3.35. The van der Waals surface area contributed by atoms with Gasteiger partial charge < -0.3 is 5.32 Å². The van der Waals surface area contributed by atoms with Gasteiger partial charge in [-0.3, -0.25) is 4.90 Å². The van der Waals surface area contributed by atoms with Crippen molar-refractivity contribution in [2.75, 3.05) is 26.2 Å². The normalized spacial score (nSPS) is 17.8. The maximum Gasteiger partial charge on any atom is 0.0345 e. The summed E-state index contributed by atoms with van der Waals surface area (Å²) >= 11 is 0. The van der Waals surface area contributed by atoms with Crippen molar-refractivity contribution in [3.63, 3.8) is 0 Å². The van der Waals surface area contributed by atoms with Gasteiger partial charge in [0, 0.05) is 19.1 Å². The Labute approximate surface area is 82.7 Å². The summed E-state index contributed by atoms with van der Waals surface area (Å²) < 4.78 is 0. The highest BCUT2D eigenvalue weighted by Gasteiger charge is 2.22. The van der Waals surface area contributed by atoms with Crippen LogP contribution in [0.1, 0.15) is 39.5 Å². The Bertz CT molecular complexity index is 113. The van der Waals surface area contributed by atoms with Crippen molar-refractivity contribution in [2.24, 2.45) is 0 Å². The zero-order chi connectivity index (χ0) is 9.52. The fraction of sp³-hybridized carbons (Fsp3) is 1.00. The van der Waals surface area contributed by atoms with Gasteiger partial charge in [-0.15, -0.1) is 0 Å². The zero-order valence-corrected chi connectivity index (χ0v) is 9.18. The van der Waals surface area contributed by atoms with Crippen molar-refractivity contribution in [1.82, 2.24) is 10.2 Å². The van der Waals surface area contributed by atoms with E-state index in [1.807, 2.05) is 0 Å². The average Bonchev–Trinajstić information content (AvgIpc) is 2.06. The Morgan fingerprint density at radius 1 is 1.08 bits per heavy atom. The first kappa shape index (κ1) is 11.0. The van der Waals surface area contributed by atoms with E-state index in [9.17, 15) is 0 Å². The molecule has 2 heteroatoms. The van der Waals surface area contributed by atoms with Gasteiger partial charge in [-0.05, 0) is 25.9 Å². The predicted molar refractivity (Wildman–Crippen MR) is 58.0 cm³/mol. The molecule has 1 saturated heterocycles. The number of hydrogen-bond donors (Lipinski definition) is 1. The molecule has 0 spiro atoms. The molecule has 0 aromatic carbocycles. The van der Waals surface area contributed by atoms with Gasteiger partial charge in [0.05, 0.1) is 0 Å². The van der Waals surface area contributed by atoms with Gasteiger partial charge in [0.1, 0.15) is 0 Å². The second kappa shape index (κ2) is 6.39. The Hall–Kier alpha value is -0.0800. The number of nitrogens with one attached hydrogen (secondary N) is 1. The summed E-state index contributed by atoms with van der Waals surface area (Å²) in [4.78, 5) is 2.67. The highest BCUT2D eigenvalue weighted by atomic mass is 15.2. The molecule has 0 saturated carbocycles. The van der Waals surface area contributed by atoms with Gasteiger partial charge in [0.2, 0.25) is 0 Å². The van der Waals surface area contributed by atoms with E-state index in [2.05, 4.69) is 24.1 Å². The van der Waals surface area contributed by atoms with Gasteiger partial charge >= 0.3 is 0 Å². The summed E-state index contributed by atoms with van der Waals surface area (Å²) in [6.07, 6.45) is 5.37. The third-order valence-corrected chi connectivity index (χ3v) is 2.87. The smallest absolute Gasteiger partial charge is 0.0345 e.